The van der Waals surface area contributed by atoms with Gasteiger partial charge in [0.05, 0.1) is 5.56 Å². The monoisotopic (exact) mass is 344 g/mol. The highest BCUT2D eigenvalue weighted by molar-refractivity contribution is 5.79. The van der Waals surface area contributed by atoms with Crippen LogP contribution in [0.5, 0.6) is 0 Å². The van der Waals surface area contributed by atoms with E-state index in [4.69, 9.17) is 0 Å². The van der Waals surface area contributed by atoms with Crippen LogP contribution in [0.15, 0.2) is 29.3 Å². The van der Waals surface area contributed by atoms with Crippen LogP contribution >= 0.6 is 0 Å². The lowest BCUT2D eigenvalue weighted by molar-refractivity contribution is -0.137. The Kier molecular flexibility index (Phi) is 8.04. The van der Waals surface area contributed by atoms with E-state index in [1.165, 1.54) is 12.1 Å². The van der Waals surface area contributed by atoms with Crippen molar-refractivity contribution in [1.29, 1.82) is 0 Å². The molecule has 0 spiro atoms. The van der Waals surface area contributed by atoms with Crippen LogP contribution in [0.1, 0.15) is 31.4 Å². The zero-order valence-corrected chi connectivity index (χ0v) is 14.7. The molecule has 1 rings (SSSR count). The molecular formula is C17H27F3N4. The van der Waals surface area contributed by atoms with Crippen LogP contribution in [0.3, 0.4) is 0 Å². The summed E-state index contributed by atoms with van der Waals surface area (Å²) in [5.74, 6) is 0.632. The van der Waals surface area contributed by atoms with E-state index in [1.54, 1.807) is 7.05 Å². The van der Waals surface area contributed by atoms with Crippen LogP contribution in [-0.4, -0.2) is 44.1 Å². The number of halogens is 3. The SMILES string of the molecule is CCC(C)N(C)CCNC(=NC)NCc1ccc(C(F)(F)F)cc1. The first-order valence-electron chi connectivity index (χ1n) is 8.08. The summed E-state index contributed by atoms with van der Waals surface area (Å²) in [7, 11) is 3.74. The number of benzene rings is 1. The molecule has 0 amide bonds. The number of hydrogen-bond acceptors (Lipinski definition) is 2. The maximum absolute atomic E-state index is 12.5. The van der Waals surface area contributed by atoms with Gasteiger partial charge in [0.1, 0.15) is 0 Å². The number of guanidine groups is 1. The molecule has 0 aliphatic heterocycles. The molecule has 0 saturated carbocycles. The third-order valence-electron chi connectivity index (χ3n) is 4.07. The molecule has 0 heterocycles. The summed E-state index contributed by atoms with van der Waals surface area (Å²) in [5.41, 5.74) is 0.129. The number of likely N-dealkylation sites (N-methyl/N-ethyl adjacent to an activating group) is 1. The smallest absolute Gasteiger partial charge is 0.355 e. The summed E-state index contributed by atoms with van der Waals surface area (Å²) in [5, 5.41) is 6.30. The summed E-state index contributed by atoms with van der Waals surface area (Å²) in [6.45, 7) is 6.37. The average molecular weight is 344 g/mol. The Bertz CT molecular complexity index is 512. The third kappa shape index (κ3) is 6.78. The molecule has 24 heavy (non-hydrogen) atoms. The van der Waals surface area contributed by atoms with Crippen molar-refractivity contribution in [3.05, 3.63) is 35.4 Å². The molecule has 0 aliphatic carbocycles. The number of aliphatic imine (C=N–C) groups is 1. The van der Waals surface area contributed by atoms with Crippen LogP contribution in [0, 0.1) is 0 Å². The zero-order valence-electron chi connectivity index (χ0n) is 14.7. The molecule has 0 aliphatic rings. The molecule has 0 fully saturated rings. The molecule has 1 aromatic carbocycles. The second kappa shape index (κ2) is 9.52. The number of rotatable bonds is 7. The van der Waals surface area contributed by atoms with Gasteiger partial charge in [-0.15, -0.1) is 0 Å². The molecule has 1 aromatic rings. The number of nitrogens with one attached hydrogen (secondary N) is 2. The Labute approximate surface area is 142 Å². The molecular weight excluding hydrogens is 317 g/mol. The van der Waals surface area contributed by atoms with Crippen LogP contribution in [0.25, 0.3) is 0 Å². The van der Waals surface area contributed by atoms with Gasteiger partial charge in [0, 0.05) is 32.7 Å². The first kappa shape index (κ1) is 20.3. The summed E-state index contributed by atoms with van der Waals surface area (Å²) >= 11 is 0. The normalized spacial score (nSPS) is 13.9. The van der Waals surface area contributed by atoms with Crippen molar-refractivity contribution in [2.75, 3.05) is 27.2 Å². The zero-order chi connectivity index (χ0) is 18.2. The molecule has 136 valence electrons. The maximum atomic E-state index is 12.5. The van der Waals surface area contributed by atoms with E-state index in [1.807, 2.05) is 0 Å². The molecule has 4 nitrogen and oxygen atoms in total. The molecule has 0 bridgehead atoms. The van der Waals surface area contributed by atoms with Crippen molar-refractivity contribution in [2.45, 2.75) is 39.0 Å². The minimum absolute atomic E-state index is 0.416. The van der Waals surface area contributed by atoms with Crippen LogP contribution in [0.4, 0.5) is 13.2 Å². The van der Waals surface area contributed by atoms with Crippen LogP contribution < -0.4 is 10.6 Å². The van der Waals surface area contributed by atoms with Gasteiger partial charge in [-0.25, -0.2) is 0 Å². The van der Waals surface area contributed by atoms with Crippen molar-refractivity contribution >= 4 is 5.96 Å². The maximum Gasteiger partial charge on any atom is 0.416 e. The highest BCUT2D eigenvalue weighted by Crippen LogP contribution is 2.28. The lowest BCUT2D eigenvalue weighted by atomic mass is 10.1. The van der Waals surface area contributed by atoms with E-state index in [0.717, 1.165) is 37.2 Å². The van der Waals surface area contributed by atoms with Crippen LogP contribution in [0.2, 0.25) is 0 Å². The van der Waals surface area contributed by atoms with E-state index in [2.05, 4.69) is 41.4 Å². The molecule has 0 saturated heterocycles. The Morgan fingerprint density at radius 1 is 1.21 bits per heavy atom. The Balaban J connectivity index is 2.41. The summed E-state index contributed by atoms with van der Waals surface area (Å²) < 4.78 is 37.6. The van der Waals surface area contributed by atoms with Crippen molar-refractivity contribution in [1.82, 2.24) is 15.5 Å². The first-order chi connectivity index (χ1) is 11.3. The van der Waals surface area contributed by atoms with Gasteiger partial charge in [0.25, 0.3) is 0 Å². The largest absolute Gasteiger partial charge is 0.416 e. The molecule has 0 radical (unpaired) electrons. The fourth-order valence-corrected chi connectivity index (χ4v) is 2.10. The molecule has 1 atom stereocenters. The molecule has 2 N–H and O–H groups in total. The van der Waals surface area contributed by atoms with Gasteiger partial charge in [-0.3, -0.25) is 4.99 Å². The van der Waals surface area contributed by atoms with Crippen molar-refractivity contribution < 1.29 is 13.2 Å². The van der Waals surface area contributed by atoms with Gasteiger partial charge in [-0.05, 0) is 38.1 Å². The standard InChI is InChI=1S/C17H27F3N4/c1-5-13(2)24(4)11-10-22-16(21-3)23-12-14-6-8-15(9-7-14)17(18,19)20/h6-9,13H,5,10-12H2,1-4H3,(H2,21,22,23). The third-order valence-corrected chi connectivity index (χ3v) is 4.07. The lowest BCUT2D eigenvalue weighted by Gasteiger charge is -2.24. The predicted octanol–water partition coefficient (Wildman–Crippen LogP) is 3.10. The van der Waals surface area contributed by atoms with Gasteiger partial charge >= 0.3 is 6.18 Å². The fraction of sp³-hybridized carbons (Fsp3) is 0.588. The lowest BCUT2D eigenvalue weighted by Crippen LogP contribution is -2.42. The van der Waals surface area contributed by atoms with Gasteiger partial charge in [0.15, 0.2) is 5.96 Å². The second-order valence-corrected chi connectivity index (χ2v) is 5.79. The van der Waals surface area contributed by atoms with E-state index >= 15 is 0 Å². The van der Waals surface area contributed by atoms with E-state index in [0.29, 0.717) is 18.5 Å². The Hall–Kier alpha value is -1.76. The molecule has 7 heteroatoms. The van der Waals surface area contributed by atoms with Gasteiger partial charge < -0.3 is 15.5 Å². The van der Waals surface area contributed by atoms with Crippen LogP contribution in [-0.2, 0) is 12.7 Å². The second-order valence-electron chi connectivity index (χ2n) is 5.79. The molecule has 0 aromatic heterocycles. The minimum atomic E-state index is -4.30. The quantitative estimate of drug-likeness (QED) is 0.590. The number of hydrogen-bond donors (Lipinski definition) is 2. The van der Waals surface area contributed by atoms with E-state index < -0.39 is 11.7 Å². The van der Waals surface area contributed by atoms with E-state index in [9.17, 15) is 13.2 Å². The van der Waals surface area contributed by atoms with E-state index in [-0.39, 0.29) is 0 Å². The number of alkyl halides is 3. The average Bonchev–Trinajstić information content (AvgIpc) is 2.56. The van der Waals surface area contributed by atoms with Crippen molar-refractivity contribution in [3.63, 3.8) is 0 Å². The van der Waals surface area contributed by atoms with Gasteiger partial charge in [-0.1, -0.05) is 19.1 Å². The predicted molar refractivity (Wildman–Crippen MR) is 92.0 cm³/mol. The summed E-state index contributed by atoms with van der Waals surface area (Å²) in [6, 6.07) is 5.65. The highest BCUT2D eigenvalue weighted by Gasteiger charge is 2.29. The van der Waals surface area contributed by atoms with Gasteiger partial charge in [-0.2, -0.15) is 13.2 Å². The summed E-state index contributed by atoms with van der Waals surface area (Å²) in [4.78, 5) is 6.38. The molecule has 1 unspecified atom stereocenters. The summed E-state index contributed by atoms with van der Waals surface area (Å²) in [6.07, 6.45) is -3.21. The fourth-order valence-electron chi connectivity index (χ4n) is 2.10. The topological polar surface area (TPSA) is 39.7 Å². The minimum Gasteiger partial charge on any atom is -0.355 e. The Morgan fingerprint density at radius 3 is 2.33 bits per heavy atom. The van der Waals surface area contributed by atoms with Crippen molar-refractivity contribution in [2.24, 2.45) is 4.99 Å². The Morgan fingerprint density at radius 2 is 1.83 bits per heavy atom. The van der Waals surface area contributed by atoms with Gasteiger partial charge in [0.2, 0.25) is 0 Å². The first-order valence-corrected chi connectivity index (χ1v) is 8.08. The highest BCUT2D eigenvalue weighted by atomic mass is 19.4. The number of nitrogens with zero attached hydrogens (tertiary/aromatic N) is 2. The van der Waals surface area contributed by atoms with Crippen molar-refractivity contribution in [3.8, 4) is 0 Å².